The molecule has 0 saturated heterocycles. The summed E-state index contributed by atoms with van der Waals surface area (Å²) in [6.45, 7) is 2.13. The van der Waals surface area contributed by atoms with Gasteiger partial charge in [0.25, 0.3) is 5.56 Å². The lowest BCUT2D eigenvalue weighted by molar-refractivity contribution is 0.918. The lowest BCUT2D eigenvalue weighted by Gasteiger charge is -2.09. The molecule has 0 aliphatic heterocycles. The number of para-hydroxylation sites is 1. The Morgan fingerprint density at radius 1 is 1.00 bits per heavy atom. The summed E-state index contributed by atoms with van der Waals surface area (Å²) in [5, 5.41) is 3.01. The van der Waals surface area contributed by atoms with Gasteiger partial charge in [0.2, 0.25) is 0 Å². The molecular formula is C16H15NO. The van der Waals surface area contributed by atoms with Gasteiger partial charge in [-0.05, 0) is 29.5 Å². The Morgan fingerprint density at radius 2 is 1.78 bits per heavy atom. The maximum absolute atomic E-state index is 12.3. The number of hydrogen-bond acceptors (Lipinski definition) is 1. The molecule has 0 unspecified atom stereocenters. The van der Waals surface area contributed by atoms with E-state index in [4.69, 9.17) is 0 Å². The van der Waals surface area contributed by atoms with E-state index in [9.17, 15) is 4.79 Å². The van der Waals surface area contributed by atoms with Crippen molar-refractivity contribution in [1.82, 2.24) is 4.57 Å². The molecule has 3 rings (SSSR count). The van der Waals surface area contributed by atoms with Crippen molar-refractivity contribution >= 4 is 21.7 Å². The van der Waals surface area contributed by atoms with Crippen LogP contribution in [0, 0.1) is 0 Å². The van der Waals surface area contributed by atoms with Crippen LogP contribution in [0.2, 0.25) is 0 Å². The van der Waals surface area contributed by atoms with Crippen LogP contribution in [0.4, 0.5) is 0 Å². The van der Waals surface area contributed by atoms with Gasteiger partial charge < -0.3 is 4.57 Å². The quantitative estimate of drug-likeness (QED) is 0.595. The first-order chi connectivity index (χ1) is 8.72. The highest BCUT2D eigenvalue weighted by Gasteiger charge is 2.07. The average Bonchev–Trinajstić information content (AvgIpc) is 2.44. The predicted molar refractivity (Wildman–Crippen MR) is 76.1 cm³/mol. The van der Waals surface area contributed by atoms with E-state index in [1.165, 1.54) is 5.56 Å². The standard InChI is InChI=1S/C16H15NO/c1-3-11-8-9-13-14(10-11)12-6-4-5-7-15(12)17(2)16(13)18/h4-10H,3H2,1-2H3. The Kier molecular flexibility index (Phi) is 2.44. The van der Waals surface area contributed by atoms with Crippen molar-refractivity contribution in [2.24, 2.45) is 7.05 Å². The maximum Gasteiger partial charge on any atom is 0.258 e. The van der Waals surface area contributed by atoms with Gasteiger partial charge in [-0.15, -0.1) is 0 Å². The first-order valence-electron chi connectivity index (χ1n) is 6.22. The van der Waals surface area contributed by atoms with Crippen molar-refractivity contribution in [3.63, 3.8) is 0 Å². The van der Waals surface area contributed by atoms with Gasteiger partial charge in [-0.3, -0.25) is 4.79 Å². The molecule has 0 aliphatic rings. The highest BCUT2D eigenvalue weighted by atomic mass is 16.1. The van der Waals surface area contributed by atoms with Crippen LogP contribution in [0.25, 0.3) is 21.7 Å². The molecule has 3 aromatic rings. The van der Waals surface area contributed by atoms with Crippen molar-refractivity contribution in [2.45, 2.75) is 13.3 Å². The SMILES string of the molecule is CCc1ccc2c(=O)n(C)c3ccccc3c2c1. The number of benzene rings is 2. The topological polar surface area (TPSA) is 22.0 Å². The summed E-state index contributed by atoms with van der Waals surface area (Å²) in [6, 6.07) is 14.2. The second-order valence-corrected chi connectivity index (χ2v) is 4.61. The van der Waals surface area contributed by atoms with Crippen LogP contribution in [0.15, 0.2) is 47.3 Å². The molecule has 2 heteroatoms. The third-order valence-electron chi connectivity index (χ3n) is 3.58. The van der Waals surface area contributed by atoms with Crippen molar-refractivity contribution in [2.75, 3.05) is 0 Å². The van der Waals surface area contributed by atoms with Gasteiger partial charge in [-0.25, -0.2) is 0 Å². The zero-order valence-corrected chi connectivity index (χ0v) is 10.6. The molecule has 0 spiro atoms. The number of aryl methyl sites for hydroxylation is 2. The molecule has 2 aromatic carbocycles. The van der Waals surface area contributed by atoms with Gasteiger partial charge in [-0.2, -0.15) is 0 Å². The molecular weight excluding hydrogens is 222 g/mol. The molecule has 0 radical (unpaired) electrons. The lowest BCUT2D eigenvalue weighted by atomic mass is 10.0. The average molecular weight is 237 g/mol. The van der Waals surface area contributed by atoms with E-state index in [1.807, 2.05) is 37.4 Å². The molecule has 0 bridgehead atoms. The Balaban J connectivity index is 2.62. The van der Waals surface area contributed by atoms with Crippen LogP contribution in [0.1, 0.15) is 12.5 Å². The van der Waals surface area contributed by atoms with Crippen LogP contribution in [-0.2, 0) is 13.5 Å². The van der Waals surface area contributed by atoms with E-state index in [2.05, 4.69) is 19.1 Å². The molecule has 0 amide bonds. The van der Waals surface area contributed by atoms with E-state index in [1.54, 1.807) is 4.57 Å². The predicted octanol–water partition coefficient (Wildman–Crippen LogP) is 3.25. The monoisotopic (exact) mass is 237 g/mol. The summed E-state index contributed by atoms with van der Waals surface area (Å²) in [5.41, 5.74) is 2.33. The van der Waals surface area contributed by atoms with E-state index in [0.717, 1.165) is 28.1 Å². The van der Waals surface area contributed by atoms with Crippen LogP contribution < -0.4 is 5.56 Å². The molecule has 90 valence electrons. The van der Waals surface area contributed by atoms with Crippen molar-refractivity contribution in [3.05, 3.63) is 58.4 Å². The lowest BCUT2D eigenvalue weighted by Crippen LogP contribution is -2.17. The molecule has 1 aromatic heterocycles. The van der Waals surface area contributed by atoms with Crippen molar-refractivity contribution in [1.29, 1.82) is 0 Å². The zero-order chi connectivity index (χ0) is 12.7. The number of pyridine rings is 1. The van der Waals surface area contributed by atoms with Crippen molar-refractivity contribution in [3.8, 4) is 0 Å². The molecule has 1 heterocycles. The van der Waals surface area contributed by atoms with Crippen LogP contribution in [-0.4, -0.2) is 4.57 Å². The zero-order valence-electron chi connectivity index (χ0n) is 10.6. The minimum absolute atomic E-state index is 0.0753. The molecule has 18 heavy (non-hydrogen) atoms. The number of hydrogen-bond donors (Lipinski definition) is 0. The largest absolute Gasteiger partial charge is 0.311 e. The molecule has 2 nitrogen and oxygen atoms in total. The third kappa shape index (κ3) is 1.46. The number of nitrogens with zero attached hydrogens (tertiary/aromatic N) is 1. The fraction of sp³-hybridized carbons (Fsp3) is 0.188. The number of aromatic nitrogens is 1. The fourth-order valence-corrected chi connectivity index (χ4v) is 2.50. The second-order valence-electron chi connectivity index (χ2n) is 4.61. The number of fused-ring (bicyclic) bond motifs is 3. The summed E-state index contributed by atoms with van der Waals surface area (Å²) in [7, 11) is 1.83. The van der Waals surface area contributed by atoms with Gasteiger partial charge in [0.15, 0.2) is 0 Å². The first-order valence-corrected chi connectivity index (χ1v) is 6.22. The Bertz CT molecular complexity index is 799. The Labute approximate surface area is 105 Å². The van der Waals surface area contributed by atoms with Gasteiger partial charge in [0.1, 0.15) is 0 Å². The van der Waals surface area contributed by atoms with E-state index in [0.29, 0.717) is 0 Å². The fourth-order valence-electron chi connectivity index (χ4n) is 2.50. The molecule has 0 N–H and O–H groups in total. The summed E-state index contributed by atoms with van der Waals surface area (Å²) in [6.07, 6.45) is 0.986. The van der Waals surface area contributed by atoms with Crippen LogP contribution >= 0.6 is 0 Å². The highest BCUT2D eigenvalue weighted by Crippen LogP contribution is 2.23. The van der Waals surface area contributed by atoms with Crippen LogP contribution in [0.5, 0.6) is 0 Å². The third-order valence-corrected chi connectivity index (χ3v) is 3.58. The second kappa shape index (κ2) is 3.98. The normalized spacial score (nSPS) is 11.2. The summed E-state index contributed by atoms with van der Waals surface area (Å²) in [4.78, 5) is 12.3. The van der Waals surface area contributed by atoms with Crippen molar-refractivity contribution < 1.29 is 0 Å². The highest BCUT2D eigenvalue weighted by molar-refractivity contribution is 6.05. The summed E-state index contributed by atoms with van der Waals surface area (Å²) < 4.78 is 1.73. The summed E-state index contributed by atoms with van der Waals surface area (Å²) in [5.74, 6) is 0. The maximum atomic E-state index is 12.3. The van der Waals surface area contributed by atoms with Gasteiger partial charge in [0.05, 0.1) is 5.52 Å². The minimum atomic E-state index is 0.0753. The van der Waals surface area contributed by atoms with E-state index < -0.39 is 0 Å². The molecule has 0 saturated carbocycles. The van der Waals surface area contributed by atoms with Gasteiger partial charge in [0, 0.05) is 17.8 Å². The molecule has 0 aliphatic carbocycles. The Hall–Kier alpha value is -2.09. The Morgan fingerprint density at radius 3 is 2.56 bits per heavy atom. The van der Waals surface area contributed by atoms with E-state index in [-0.39, 0.29) is 5.56 Å². The minimum Gasteiger partial charge on any atom is -0.311 e. The smallest absolute Gasteiger partial charge is 0.258 e. The first kappa shape index (κ1) is 11.0. The summed E-state index contributed by atoms with van der Waals surface area (Å²) >= 11 is 0. The van der Waals surface area contributed by atoms with E-state index >= 15 is 0 Å². The number of rotatable bonds is 1. The van der Waals surface area contributed by atoms with Crippen LogP contribution in [0.3, 0.4) is 0 Å². The molecule has 0 fully saturated rings. The molecule has 0 atom stereocenters. The van der Waals surface area contributed by atoms with Gasteiger partial charge >= 0.3 is 0 Å². The van der Waals surface area contributed by atoms with Gasteiger partial charge in [-0.1, -0.05) is 37.3 Å².